The van der Waals surface area contributed by atoms with E-state index in [2.05, 4.69) is 10.1 Å². The number of hydrogen-bond donors (Lipinski definition) is 0. The van der Waals surface area contributed by atoms with Gasteiger partial charge < -0.3 is 0 Å². The first kappa shape index (κ1) is 14.5. The van der Waals surface area contributed by atoms with Crippen LogP contribution in [0, 0.1) is 5.41 Å². The lowest BCUT2D eigenvalue weighted by molar-refractivity contribution is -0.121. The van der Waals surface area contributed by atoms with Crippen molar-refractivity contribution in [2.75, 3.05) is 0 Å². The minimum Gasteiger partial charge on any atom is -0.294 e. The van der Waals surface area contributed by atoms with E-state index in [0.29, 0.717) is 10.7 Å². The second-order valence-corrected chi connectivity index (χ2v) is 5.87. The van der Waals surface area contributed by atoms with Crippen LogP contribution in [-0.2, 0) is 4.79 Å². The van der Waals surface area contributed by atoms with E-state index in [4.69, 9.17) is 11.6 Å². The molecule has 2 aromatic rings. The van der Waals surface area contributed by atoms with Crippen LogP contribution in [0.25, 0.3) is 5.70 Å². The van der Waals surface area contributed by atoms with E-state index < -0.39 is 5.41 Å². The second kappa shape index (κ2) is 5.59. The maximum Gasteiger partial charge on any atom is 0.163 e. The molecule has 0 aliphatic carbocycles. The lowest BCUT2D eigenvalue weighted by Crippen LogP contribution is -2.19. The molecule has 0 radical (unpaired) electrons. The van der Waals surface area contributed by atoms with Crippen LogP contribution < -0.4 is 0 Å². The first-order valence-corrected chi connectivity index (χ1v) is 6.63. The smallest absolute Gasteiger partial charge is 0.163 e. The van der Waals surface area contributed by atoms with Crippen LogP contribution in [0.3, 0.4) is 0 Å². The molecule has 0 N–H and O–H groups in total. The van der Waals surface area contributed by atoms with Crippen molar-refractivity contribution >= 4 is 23.1 Å². The first-order valence-electron chi connectivity index (χ1n) is 6.25. The number of hydrogen-bond acceptors (Lipinski definition) is 3. The third-order valence-corrected chi connectivity index (χ3v) is 3.15. The molecule has 5 heteroatoms. The van der Waals surface area contributed by atoms with E-state index >= 15 is 0 Å². The predicted octanol–water partition coefficient (Wildman–Crippen LogP) is 3.44. The highest BCUT2D eigenvalue weighted by atomic mass is 35.5. The molecule has 0 aliphatic heterocycles. The lowest BCUT2D eigenvalue weighted by atomic mass is 9.90. The van der Waals surface area contributed by atoms with Gasteiger partial charge in [0.25, 0.3) is 0 Å². The maximum absolute atomic E-state index is 12.3. The third kappa shape index (κ3) is 3.14. The Morgan fingerprint density at radius 2 is 2.00 bits per heavy atom. The largest absolute Gasteiger partial charge is 0.294 e. The quantitative estimate of drug-likeness (QED) is 0.813. The summed E-state index contributed by atoms with van der Waals surface area (Å²) in [6.07, 6.45) is 4.53. The number of ketones is 1. The van der Waals surface area contributed by atoms with Crippen molar-refractivity contribution in [2.45, 2.75) is 20.8 Å². The molecule has 0 amide bonds. The summed E-state index contributed by atoms with van der Waals surface area (Å²) in [5, 5.41) is 4.66. The highest BCUT2D eigenvalue weighted by molar-refractivity contribution is 6.32. The highest BCUT2D eigenvalue weighted by Gasteiger charge is 2.21. The van der Waals surface area contributed by atoms with Crippen LogP contribution in [0.5, 0.6) is 0 Å². The van der Waals surface area contributed by atoms with Gasteiger partial charge >= 0.3 is 0 Å². The van der Waals surface area contributed by atoms with E-state index in [0.717, 1.165) is 5.56 Å². The van der Waals surface area contributed by atoms with Gasteiger partial charge in [0.05, 0.1) is 5.70 Å². The Morgan fingerprint density at radius 3 is 2.55 bits per heavy atom. The van der Waals surface area contributed by atoms with Gasteiger partial charge in [-0.25, -0.2) is 9.67 Å². The van der Waals surface area contributed by atoms with E-state index in [1.165, 1.54) is 6.33 Å². The Hall–Kier alpha value is -1.94. The maximum atomic E-state index is 12.3. The van der Waals surface area contributed by atoms with Crippen LogP contribution in [-0.4, -0.2) is 20.5 Å². The number of nitrogens with zero attached hydrogens (tertiary/aromatic N) is 3. The molecule has 4 nitrogen and oxygen atoms in total. The molecule has 0 spiro atoms. The van der Waals surface area contributed by atoms with Crippen molar-refractivity contribution < 1.29 is 4.79 Å². The van der Waals surface area contributed by atoms with Crippen molar-refractivity contribution in [3.8, 4) is 0 Å². The van der Waals surface area contributed by atoms with Crippen LogP contribution >= 0.6 is 11.6 Å². The zero-order valence-electron chi connectivity index (χ0n) is 11.7. The molecule has 104 valence electrons. The highest BCUT2D eigenvalue weighted by Crippen LogP contribution is 2.26. The summed E-state index contributed by atoms with van der Waals surface area (Å²) in [4.78, 5) is 16.2. The van der Waals surface area contributed by atoms with Gasteiger partial charge in [0, 0.05) is 22.1 Å². The summed E-state index contributed by atoms with van der Waals surface area (Å²) in [5.41, 5.74) is 0.901. The third-order valence-electron chi connectivity index (χ3n) is 2.82. The Morgan fingerprint density at radius 1 is 1.30 bits per heavy atom. The fourth-order valence-electron chi connectivity index (χ4n) is 1.61. The number of rotatable bonds is 3. The zero-order valence-corrected chi connectivity index (χ0v) is 12.4. The average Bonchev–Trinajstić information content (AvgIpc) is 2.89. The van der Waals surface area contributed by atoms with Crippen LogP contribution in [0.2, 0.25) is 5.02 Å². The minimum atomic E-state index is -0.465. The van der Waals surface area contributed by atoms with E-state index in [1.54, 1.807) is 23.2 Å². The number of aromatic nitrogens is 3. The summed E-state index contributed by atoms with van der Waals surface area (Å²) in [6.45, 7) is 5.62. The Bertz CT molecular complexity index is 639. The van der Waals surface area contributed by atoms with E-state index in [1.807, 2.05) is 39.0 Å². The van der Waals surface area contributed by atoms with Crippen molar-refractivity contribution in [3.63, 3.8) is 0 Å². The van der Waals surface area contributed by atoms with Gasteiger partial charge in [-0.3, -0.25) is 4.79 Å². The van der Waals surface area contributed by atoms with Gasteiger partial charge in [0.15, 0.2) is 5.78 Å². The van der Waals surface area contributed by atoms with E-state index in [9.17, 15) is 4.79 Å². The molecule has 0 saturated heterocycles. The molecule has 1 aromatic carbocycles. The molecule has 0 atom stereocenters. The Labute approximate surface area is 123 Å². The normalized spacial score (nSPS) is 12.5. The molecule has 0 aliphatic rings. The molecule has 2 rings (SSSR count). The monoisotopic (exact) mass is 289 g/mol. The lowest BCUT2D eigenvalue weighted by Gasteiger charge is -2.16. The fraction of sp³-hybridized carbons (Fsp3) is 0.267. The summed E-state index contributed by atoms with van der Waals surface area (Å²) in [7, 11) is 0. The van der Waals surface area contributed by atoms with Crippen LogP contribution in [0.1, 0.15) is 26.3 Å². The van der Waals surface area contributed by atoms with Gasteiger partial charge in [0.1, 0.15) is 12.7 Å². The fourth-order valence-corrected chi connectivity index (χ4v) is 1.84. The standard InChI is InChI=1S/C15H16ClN3O/c1-15(2,3)14(20)8-13(19-10-17-9-18-19)11-6-4-5-7-12(11)16/h4-10H,1-3H3. The number of benzene rings is 1. The molecule has 20 heavy (non-hydrogen) atoms. The Kier molecular flexibility index (Phi) is 4.04. The average molecular weight is 290 g/mol. The Balaban J connectivity index is 2.56. The van der Waals surface area contributed by atoms with Gasteiger partial charge in [-0.05, 0) is 6.07 Å². The molecular weight excluding hydrogens is 274 g/mol. The molecule has 1 aromatic heterocycles. The molecular formula is C15H16ClN3O. The first-order chi connectivity index (χ1) is 9.39. The molecule has 0 bridgehead atoms. The van der Waals surface area contributed by atoms with Crippen LogP contribution in [0.4, 0.5) is 0 Å². The molecule has 0 saturated carbocycles. The minimum absolute atomic E-state index is 0.00270. The van der Waals surface area contributed by atoms with Gasteiger partial charge in [-0.15, -0.1) is 0 Å². The van der Waals surface area contributed by atoms with Crippen molar-refractivity contribution in [1.82, 2.24) is 14.8 Å². The number of halogens is 1. The number of allylic oxidation sites excluding steroid dienone is 1. The van der Waals surface area contributed by atoms with Crippen molar-refractivity contribution in [3.05, 3.63) is 53.6 Å². The SMILES string of the molecule is CC(C)(C)C(=O)C=C(c1ccccc1Cl)n1cncn1. The predicted molar refractivity (Wildman–Crippen MR) is 79.3 cm³/mol. The second-order valence-electron chi connectivity index (χ2n) is 5.46. The van der Waals surface area contributed by atoms with Crippen molar-refractivity contribution in [2.24, 2.45) is 5.41 Å². The molecule has 0 fully saturated rings. The van der Waals surface area contributed by atoms with Crippen LogP contribution in [0.15, 0.2) is 43.0 Å². The topological polar surface area (TPSA) is 47.8 Å². The molecule has 0 unspecified atom stereocenters. The summed E-state index contributed by atoms with van der Waals surface area (Å²) < 4.78 is 1.55. The van der Waals surface area contributed by atoms with Gasteiger partial charge in [-0.2, -0.15) is 5.10 Å². The summed E-state index contributed by atoms with van der Waals surface area (Å²) in [5.74, 6) is 0.00270. The number of carbonyl (C=O) groups is 1. The molecule has 1 heterocycles. The van der Waals surface area contributed by atoms with Crippen molar-refractivity contribution in [1.29, 1.82) is 0 Å². The number of carbonyl (C=O) groups excluding carboxylic acids is 1. The summed E-state index contributed by atoms with van der Waals surface area (Å²) in [6, 6.07) is 7.35. The van der Waals surface area contributed by atoms with Gasteiger partial charge in [-0.1, -0.05) is 50.6 Å². The summed E-state index contributed by atoms with van der Waals surface area (Å²) >= 11 is 6.22. The zero-order chi connectivity index (χ0) is 14.8. The van der Waals surface area contributed by atoms with E-state index in [-0.39, 0.29) is 5.78 Å². The van der Waals surface area contributed by atoms with Gasteiger partial charge in [0.2, 0.25) is 0 Å².